The van der Waals surface area contributed by atoms with E-state index < -0.39 is 21.5 Å². The van der Waals surface area contributed by atoms with Crippen LogP contribution in [-0.2, 0) is 5.33 Å². The zero-order valence-corrected chi connectivity index (χ0v) is 11.7. The molecule has 1 aromatic carbocycles. The molecule has 0 aliphatic heterocycles. The topological polar surface area (TPSA) is 29.3 Å². The van der Waals surface area contributed by atoms with E-state index in [0.717, 1.165) is 16.5 Å². The van der Waals surface area contributed by atoms with Gasteiger partial charge in [-0.2, -0.15) is 0 Å². The second-order valence-corrected chi connectivity index (χ2v) is 5.02. The third-order valence-electron chi connectivity index (χ3n) is 1.71. The predicted molar refractivity (Wildman–Crippen MR) is 54.0 cm³/mol. The first-order valence-corrected chi connectivity index (χ1v) is 8.22. The summed E-state index contributed by atoms with van der Waals surface area (Å²) in [5.41, 5.74) is 2.08. The van der Waals surface area contributed by atoms with Crippen molar-refractivity contribution in [3.8, 4) is 5.75 Å². The van der Waals surface area contributed by atoms with Crippen molar-refractivity contribution in [3.63, 3.8) is 0 Å². The molecule has 1 rings (SSSR count). The van der Waals surface area contributed by atoms with Crippen LogP contribution in [0.25, 0.3) is 0 Å². The van der Waals surface area contributed by atoms with Crippen LogP contribution in [0.5, 0.6) is 5.75 Å². The molecule has 14 heavy (non-hydrogen) atoms. The van der Waals surface area contributed by atoms with Crippen LogP contribution < -0.4 is 26.3 Å². The molecule has 5 heteroatoms. The predicted octanol–water partition coefficient (Wildman–Crippen LogP) is -0.404. The normalized spacial score (nSPS) is 10.2. The number of aryl methyl sites for hydroxylation is 1. The molecule has 0 spiro atoms. The van der Waals surface area contributed by atoms with E-state index >= 15 is 0 Å². The molecule has 78 valence electrons. The molecule has 0 N–H and O–H groups in total. The Balaban J connectivity index is 2.89. The number of nitrogens with zero attached hydrogens (tertiary/aromatic N) is 1. The van der Waals surface area contributed by atoms with Crippen molar-refractivity contribution < 1.29 is 29.5 Å². The van der Waals surface area contributed by atoms with E-state index in [9.17, 15) is 4.91 Å². The van der Waals surface area contributed by atoms with Gasteiger partial charge in [0.1, 0.15) is 0 Å². The molecule has 0 saturated heterocycles. The van der Waals surface area contributed by atoms with Gasteiger partial charge in [0.15, 0.2) is 0 Å². The molecule has 0 aromatic heterocycles. The third-order valence-corrected chi connectivity index (χ3v) is 3.35. The molecule has 0 radical (unpaired) electrons. The van der Waals surface area contributed by atoms with Crippen LogP contribution in [0.2, 0.25) is 0 Å². The standard InChI is InChI=1S/C9H11BrINO2/c1-7-3-4-8(6-10)5-9(7)14-12(13)11-2/h3-5H,6H2,1-2H3. The fourth-order valence-electron chi connectivity index (χ4n) is 0.938. The van der Waals surface area contributed by atoms with E-state index in [0.29, 0.717) is 8.89 Å². The van der Waals surface area contributed by atoms with E-state index in [1.165, 1.54) is 0 Å². The van der Waals surface area contributed by atoms with E-state index in [-0.39, 0.29) is 0 Å². The van der Waals surface area contributed by atoms with Gasteiger partial charge in [0, 0.05) is 0 Å². The first-order valence-electron chi connectivity index (χ1n) is 3.98. The Kier molecular flexibility index (Phi) is 4.80. The summed E-state index contributed by atoms with van der Waals surface area (Å²) in [5, 5.41) is 0.768. The Morgan fingerprint density at radius 1 is 1.57 bits per heavy atom. The quantitative estimate of drug-likeness (QED) is 0.312. The van der Waals surface area contributed by atoms with Gasteiger partial charge in [-0.15, -0.1) is 0 Å². The maximum atomic E-state index is 11.1. The molecule has 0 amide bonds. The molecule has 1 aromatic rings. The van der Waals surface area contributed by atoms with E-state index in [2.05, 4.69) is 15.9 Å². The van der Waals surface area contributed by atoms with Gasteiger partial charge in [0.05, 0.1) is 0 Å². The molecule has 0 fully saturated rings. The summed E-state index contributed by atoms with van der Waals surface area (Å²) in [4.78, 5) is 18.1. The SMILES string of the molecule is C[I-][N+](=O)Oc1cc(CBr)ccc1C. The number of halogens is 2. The van der Waals surface area contributed by atoms with Crippen LogP contribution in [0.15, 0.2) is 18.2 Å². The Morgan fingerprint density at radius 2 is 2.29 bits per heavy atom. The Morgan fingerprint density at radius 3 is 2.86 bits per heavy atom. The van der Waals surface area contributed by atoms with E-state index in [1.54, 1.807) is 0 Å². The number of alkyl halides is 2. The van der Waals surface area contributed by atoms with E-state index in [1.807, 2.05) is 30.1 Å². The average Bonchev–Trinajstić information content (AvgIpc) is 2.21. The van der Waals surface area contributed by atoms with Crippen LogP contribution in [0.1, 0.15) is 11.1 Å². The number of benzene rings is 1. The summed E-state index contributed by atoms with van der Waals surface area (Å²) in [6, 6.07) is 5.84. The number of rotatable bonds is 4. The van der Waals surface area contributed by atoms with Gasteiger partial charge in [-0.25, -0.2) is 0 Å². The Labute approximate surface area is 102 Å². The monoisotopic (exact) mass is 371 g/mol. The number of hydrogen-bond donors (Lipinski definition) is 0. The molecular formula is C9H11BrINO2. The summed E-state index contributed by atoms with van der Waals surface area (Å²) >= 11 is 2.79. The second kappa shape index (κ2) is 5.65. The number of hydrogen-bond acceptors (Lipinski definition) is 2. The molecule has 0 atom stereocenters. The summed E-state index contributed by atoms with van der Waals surface area (Å²) in [7, 11) is 0. The van der Waals surface area contributed by atoms with Gasteiger partial charge in [0.2, 0.25) is 0 Å². The Hall–Kier alpha value is -0.170. The molecule has 0 aliphatic carbocycles. The first kappa shape index (κ1) is 11.9. The molecule has 0 aliphatic rings. The van der Waals surface area contributed by atoms with Crippen molar-refractivity contribution in [2.45, 2.75) is 12.3 Å². The molecular weight excluding hydrogens is 361 g/mol. The minimum absolute atomic E-state index is 0.565. The van der Waals surface area contributed by atoms with Crippen molar-refractivity contribution in [2.24, 2.45) is 0 Å². The maximum absolute atomic E-state index is 11.1. The molecule has 0 unspecified atom stereocenters. The van der Waals surface area contributed by atoms with E-state index in [4.69, 9.17) is 4.84 Å². The van der Waals surface area contributed by atoms with Crippen molar-refractivity contribution in [3.05, 3.63) is 34.2 Å². The van der Waals surface area contributed by atoms with Crippen LogP contribution >= 0.6 is 15.9 Å². The van der Waals surface area contributed by atoms with Crippen molar-refractivity contribution in [2.75, 3.05) is 4.93 Å². The Bertz CT molecular complexity index is 344. The third kappa shape index (κ3) is 3.20. The van der Waals surface area contributed by atoms with Crippen molar-refractivity contribution >= 4 is 15.9 Å². The molecule has 3 nitrogen and oxygen atoms in total. The van der Waals surface area contributed by atoms with Crippen LogP contribution in [0.4, 0.5) is 0 Å². The minimum atomic E-state index is -0.565. The summed E-state index contributed by atoms with van der Waals surface area (Å²) in [5.74, 6) is 0.651. The zero-order chi connectivity index (χ0) is 10.6. The van der Waals surface area contributed by atoms with Gasteiger partial charge in [-0.3, -0.25) is 0 Å². The van der Waals surface area contributed by atoms with Gasteiger partial charge in [-0.1, -0.05) is 0 Å². The van der Waals surface area contributed by atoms with Crippen LogP contribution in [0, 0.1) is 11.8 Å². The van der Waals surface area contributed by atoms with Gasteiger partial charge in [0.25, 0.3) is 0 Å². The van der Waals surface area contributed by atoms with Gasteiger partial charge >= 0.3 is 103 Å². The molecule has 0 heterocycles. The summed E-state index contributed by atoms with van der Waals surface area (Å²) < 4.78 is 0.680. The average molecular weight is 372 g/mol. The molecule has 0 saturated carbocycles. The summed E-state index contributed by atoms with van der Waals surface area (Å²) in [6.07, 6.45) is 0. The van der Waals surface area contributed by atoms with Crippen molar-refractivity contribution in [1.82, 2.24) is 0 Å². The fourth-order valence-corrected chi connectivity index (χ4v) is 1.70. The van der Waals surface area contributed by atoms with Crippen LogP contribution in [-0.4, -0.2) is 8.07 Å². The van der Waals surface area contributed by atoms with Crippen molar-refractivity contribution in [1.29, 1.82) is 0 Å². The molecule has 0 bridgehead atoms. The van der Waals surface area contributed by atoms with Gasteiger partial charge in [-0.05, 0) is 0 Å². The summed E-state index contributed by atoms with van der Waals surface area (Å²) in [6.45, 7) is 1.93. The van der Waals surface area contributed by atoms with Gasteiger partial charge < -0.3 is 0 Å². The zero-order valence-electron chi connectivity index (χ0n) is 7.96. The first-order chi connectivity index (χ1) is 6.67. The second-order valence-electron chi connectivity index (χ2n) is 2.71. The van der Waals surface area contributed by atoms with Crippen LogP contribution in [0.3, 0.4) is 0 Å². The fraction of sp³-hybridized carbons (Fsp3) is 0.333.